The molecule has 39 heavy (non-hydrogen) atoms. The number of ether oxygens (including phenoxy) is 1. The molecule has 10 nitrogen and oxygen atoms in total. The third kappa shape index (κ3) is 5.33. The van der Waals surface area contributed by atoms with Gasteiger partial charge < -0.3 is 23.4 Å². The average molecular weight is 593 g/mol. The van der Waals surface area contributed by atoms with Crippen molar-refractivity contribution in [2.24, 2.45) is 0 Å². The largest absolute Gasteiger partial charge is 0.647 e. The van der Waals surface area contributed by atoms with Gasteiger partial charge in [0.05, 0.1) is 25.9 Å². The van der Waals surface area contributed by atoms with Crippen molar-refractivity contribution < 1.29 is 36.4 Å². The lowest BCUT2D eigenvalue weighted by molar-refractivity contribution is 0.306. The fourth-order valence-electron chi connectivity index (χ4n) is 4.36. The Balaban J connectivity index is 1.43. The number of anilines is 1. The van der Waals surface area contributed by atoms with Gasteiger partial charge in [0.15, 0.2) is 11.5 Å². The number of halogens is 1. The Hall–Kier alpha value is -3.21. The minimum absolute atomic E-state index is 0.0107. The van der Waals surface area contributed by atoms with E-state index < -0.39 is 24.5 Å². The number of para-hydroxylation sites is 1. The van der Waals surface area contributed by atoms with Crippen molar-refractivity contribution in [2.45, 2.75) is 11.4 Å². The van der Waals surface area contributed by atoms with Gasteiger partial charge in [-0.2, -0.15) is 4.57 Å². The van der Waals surface area contributed by atoms with E-state index in [1.165, 1.54) is 13.2 Å². The predicted octanol–water partition coefficient (Wildman–Crippen LogP) is 4.95. The summed E-state index contributed by atoms with van der Waals surface area (Å²) in [4.78, 5) is 1.76. The highest BCUT2D eigenvalue weighted by Crippen LogP contribution is 2.72. The van der Waals surface area contributed by atoms with Crippen LogP contribution in [0.5, 0.6) is 23.0 Å². The van der Waals surface area contributed by atoms with Crippen LogP contribution in [0.3, 0.4) is 0 Å². The Kier molecular flexibility index (Phi) is 7.54. The van der Waals surface area contributed by atoms with Crippen molar-refractivity contribution >= 4 is 41.2 Å². The summed E-state index contributed by atoms with van der Waals surface area (Å²) in [5, 5.41) is 10.5. The second kappa shape index (κ2) is 10.7. The monoisotopic (exact) mass is 592 g/mol. The third-order valence-corrected chi connectivity index (χ3v) is 9.42. The smallest absolute Gasteiger partial charge is 0.491 e. The van der Waals surface area contributed by atoms with Gasteiger partial charge in [0.25, 0.3) is 10.0 Å². The molecule has 3 aromatic carbocycles. The number of aliphatic hydroxyl groups is 1. The zero-order chi connectivity index (χ0) is 27.8. The second-order valence-corrected chi connectivity index (χ2v) is 12.6. The van der Waals surface area contributed by atoms with Gasteiger partial charge in [0, 0.05) is 24.2 Å². The van der Waals surface area contributed by atoms with E-state index in [1.807, 2.05) is 60.5 Å². The molecular formula is C26H26ClN2O8PS. The van der Waals surface area contributed by atoms with Crippen LogP contribution in [0.1, 0.15) is 11.1 Å². The van der Waals surface area contributed by atoms with Crippen molar-refractivity contribution in [3.8, 4) is 23.0 Å². The predicted molar refractivity (Wildman–Crippen MR) is 147 cm³/mol. The lowest BCUT2D eigenvalue weighted by atomic mass is 10.1. The van der Waals surface area contributed by atoms with Gasteiger partial charge in [-0.15, -0.1) is 0 Å². The molecule has 206 valence electrons. The molecule has 1 unspecified atom stereocenters. The van der Waals surface area contributed by atoms with Gasteiger partial charge in [-0.3, -0.25) is 9.21 Å². The normalized spacial score (nSPS) is 17.3. The summed E-state index contributed by atoms with van der Waals surface area (Å²) in [7, 11) is -4.97. The van der Waals surface area contributed by atoms with Crippen LogP contribution in [0, 0.1) is 0 Å². The summed E-state index contributed by atoms with van der Waals surface area (Å²) in [6, 6.07) is 15.7. The molecule has 5 rings (SSSR count). The van der Waals surface area contributed by atoms with Crippen LogP contribution in [0.2, 0.25) is 5.02 Å². The van der Waals surface area contributed by atoms with E-state index in [0.29, 0.717) is 23.8 Å². The van der Waals surface area contributed by atoms with Gasteiger partial charge >= 0.3 is 7.82 Å². The molecule has 0 radical (unpaired) electrons. The molecule has 0 aliphatic carbocycles. The van der Waals surface area contributed by atoms with Crippen LogP contribution in [-0.4, -0.2) is 52.3 Å². The number of rotatable bonds is 11. The molecule has 2 aliphatic rings. The van der Waals surface area contributed by atoms with Crippen LogP contribution in [0.15, 0.2) is 65.6 Å². The number of fused-ring (bicyclic) bond motifs is 1. The summed E-state index contributed by atoms with van der Waals surface area (Å²) in [6.07, 6.45) is 3.99. The molecule has 0 spiro atoms. The lowest BCUT2D eigenvalue weighted by Crippen LogP contribution is -2.35. The maximum atomic E-state index is 14.0. The topological polar surface area (TPSA) is 115 Å². The fourth-order valence-corrected chi connectivity index (χ4v) is 7.43. The highest BCUT2D eigenvalue weighted by Gasteiger charge is 2.53. The number of aliphatic hydroxyl groups excluding tert-OH is 1. The summed E-state index contributed by atoms with van der Waals surface area (Å²) < 4.78 is 62.6. The van der Waals surface area contributed by atoms with Gasteiger partial charge in [-0.05, 0) is 36.4 Å². The van der Waals surface area contributed by atoms with E-state index in [0.717, 1.165) is 15.4 Å². The molecule has 13 heteroatoms. The molecule has 3 aromatic rings. The minimum atomic E-state index is -4.31. The minimum Gasteiger partial charge on any atom is -0.491 e. The van der Waals surface area contributed by atoms with Crippen molar-refractivity contribution in [1.82, 2.24) is 4.90 Å². The van der Waals surface area contributed by atoms with Crippen LogP contribution in [-0.2, 0) is 21.1 Å². The number of benzene rings is 3. The van der Waals surface area contributed by atoms with E-state index in [9.17, 15) is 18.1 Å². The molecule has 2 aliphatic heterocycles. The molecule has 1 N–H and O–H groups in total. The summed E-state index contributed by atoms with van der Waals surface area (Å²) in [5.41, 5.74) is 2.13. The number of likely N-dealkylation sites (N-methyl/N-ethyl adjacent to an activating group) is 1. The van der Waals surface area contributed by atoms with Crippen LogP contribution in [0.25, 0.3) is 6.08 Å². The van der Waals surface area contributed by atoms with Crippen LogP contribution in [0.4, 0.5) is 5.69 Å². The van der Waals surface area contributed by atoms with Crippen molar-refractivity contribution in [1.29, 1.82) is 0 Å². The summed E-state index contributed by atoms with van der Waals surface area (Å²) in [5.74, 6) is -0.216. The zero-order valence-electron chi connectivity index (χ0n) is 21.1. The molecule has 0 saturated heterocycles. The lowest BCUT2D eigenvalue weighted by Gasteiger charge is -2.28. The van der Waals surface area contributed by atoms with E-state index in [1.54, 1.807) is 12.1 Å². The molecule has 1 atom stereocenters. The second-order valence-electron chi connectivity index (χ2n) is 8.87. The molecular weight excluding hydrogens is 567 g/mol. The maximum absolute atomic E-state index is 14.0. The third-order valence-electron chi connectivity index (χ3n) is 6.11. The van der Waals surface area contributed by atoms with Crippen LogP contribution < -0.4 is 22.6 Å². The molecule has 2 bridgehead atoms. The Morgan fingerprint density at radius 3 is 2.49 bits per heavy atom. The average Bonchev–Trinajstić information content (AvgIpc) is 3.43. The first kappa shape index (κ1) is 27.4. The van der Waals surface area contributed by atoms with Gasteiger partial charge in [0.1, 0.15) is 4.90 Å². The number of hydrogen-bond acceptors (Lipinski definition) is 9. The van der Waals surface area contributed by atoms with Gasteiger partial charge in [0.2, 0.25) is 11.5 Å². The number of methoxy groups -OCH3 is 1. The first-order valence-electron chi connectivity index (χ1n) is 11.9. The van der Waals surface area contributed by atoms with Crippen molar-refractivity contribution in [3.05, 3.63) is 76.8 Å². The number of hydrogen-bond donors (Lipinski definition) is 1. The van der Waals surface area contributed by atoms with E-state index in [-0.39, 0.29) is 34.4 Å². The molecule has 0 saturated carbocycles. The van der Waals surface area contributed by atoms with Crippen molar-refractivity contribution in [3.63, 3.8) is 0 Å². The first-order chi connectivity index (χ1) is 18.6. The van der Waals surface area contributed by atoms with Gasteiger partial charge in [-0.1, -0.05) is 54.1 Å². The number of sulfonamides is 1. The SMILES string of the molecule is COc1c(S(=O)(=O)N(CCO)c2ccccc2CN(C)C/C=C/c2ccc(Cl)cc2)cc2c3c1OP(=O)(O2)O3. The summed E-state index contributed by atoms with van der Waals surface area (Å²) in [6.45, 7) is 0.374. The number of nitrogens with zero attached hydrogens (tertiary/aromatic N) is 2. The highest BCUT2D eigenvalue weighted by molar-refractivity contribution is 7.93. The highest BCUT2D eigenvalue weighted by atomic mass is 35.5. The number of phosphoric ester groups is 1. The standard InChI is InChI=1S/C26H26ClN2O8PS/c1-28(13-5-6-18-9-11-20(27)12-10-18)17-19-7-3-4-8-21(19)29(14-15-30)39(32,33)23-16-22-24-26(25(23)34-2)37-38(31,35-22)36-24/h3-12,16,30H,13-15,17H2,1-2H3/b6-5+. The van der Waals surface area contributed by atoms with Gasteiger partial charge in [-0.25, -0.2) is 8.42 Å². The Bertz CT molecular complexity index is 1580. The molecule has 0 aromatic heterocycles. The van der Waals surface area contributed by atoms with E-state index in [4.69, 9.17) is 29.9 Å². The van der Waals surface area contributed by atoms with E-state index >= 15 is 0 Å². The Labute approximate surface area is 231 Å². The molecule has 0 fully saturated rings. The molecule has 0 amide bonds. The zero-order valence-corrected chi connectivity index (χ0v) is 23.6. The number of phosphoric acid groups is 1. The first-order valence-corrected chi connectivity index (χ1v) is 15.2. The Morgan fingerprint density at radius 1 is 1.08 bits per heavy atom. The van der Waals surface area contributed by atoms with Crippen molar-refractivity contribution in [2.75, 3.05) is 38.2 Å². The maximum Gasteiger partial charge on any atom is 0.647 e. The van der Waals surface area contributed by atoms with Crippen LogP contribution >= 0.6 is 19.4 Å². The fraction of sp³-hybridized carbons (Fsp3) is 0.231. The quantitative estimate of drug-likeness (QED) is 0.309. The summed E-state index contributed by atoms with van der Waals surface area (Å²) >= 11 is 5.95. The Morgan fingerprint density at radius 2 is 1.79 bits per heavy atom. The molecule has 2 heterocycles. The van der Waals surface area contributed by atoms with E-state index in [2.05, 4.69) is 0 Å².